The molecule has 0 radical (unpaired) electrons. The molecule has 0 aromatic heterocycles. The number of hydrogen-bond donors (Lipinski definition) is 3. The van der Waals surface area contributed by atoms with Crippen LogP contribution in [0.4, 0.5) is 5.69 Å². The van der Waals surface area contributed by atoms with Crippen molar-refractivity contribution >= 4 is 17.2 Å². The van der Waals surface area contributed by atoms with Gasteiger partial charge in [0.2, 0.25) is 5.71 Å². The van der Waals surface area contributed by atoms with E-state index >= 15 is 0 Å². The fourth-order valence-corrected chi connectivity index (χ4v) is 1.33. The number of nitrogens with one attached hydrogen (secondary N) is 2. The monoisotopic (exact) mass is 259 g/mol. The number of ether oxygens (including phenoxy) is 1. The molecule has 0 atom stereocenters. The molecule has 0 amide bonds. The van der Waals surface area contributed by atoms with E-state index in [1.54, 1.807) is 12.1 Å². The second kappa shape index (κ2) is 6.40. The third kappa shape index (κ3) is 4.32. The van der Waals surface area contributed by atoms with E-state index in [0.717, 1.165) is 5.56 Å². The maximum Gasteiger partial charge on any atom is 0.201 e. The number of nitrogens with zero attached hydrogens (tertiary/aromatic N) is 2. The van der Waals surface area contributed by atoms with Crippen molar-refractivity contribution in [3.05, 3.63) is 23.8 Å². The van der Waals surface area contributed by atoms with Crippen LogP contribution in [-0.4, -0.2) is 17.7 Å². The van der Waals surface area contributed by atoms with E-state index < -0.39 is 0 Å². The van der Waals surface area contributed by atoms with Gasteiger partial charge in [-0.2, -0.15) is 10.4 Å². The van der Waals surface area contributed by atoms with Gasteiger partial charge in [0.1, 0.15) is 11.8 Å². The van der Waals surface area contributed by atoms with Gasteiger partial charge in [-0.25, -0.2) is 0 Å². The Morgan fingerprint density at radius 2 is 2.21 bits per heavy atom. The SMILES string of the molecule is Cc1ccc(OC(C)C)cc1N/N=C(\C#N)C(=N)N. The van der Waals surface area contributed by atoms with E-state index in [0.29, 0.717) is 11.4 Å². The lowest BCUT2D eigenvalue weighted by atomic mass is 10.2. The molecule has 4 N–H and O–H groups in total. The topological polar surface area (TPSA) is 107 Å². The van der Waals surface area contributed by atoms with Gasteiger partial charge < -0.3 is 10.5 Å². The molecule has 0 aliphatic rings. The summed E-state index contributed by atoms with van der Waals surface area (Å²) in [6, 6.07) is 7.28. The Labute approximate surface area is 112 Å². The predicted octanol–water partition coefficient (Wildman–Crippen LogP) is 2.01. The van der Waals surface area contributed by atoms with Gasteiger partial charge in [0.05, 0.1) is 11.8 Å². The van der Waals surface area contributed by atoms with Crippen LogP contribution in [0, 0.1) is 23.7 Å². The molecule has 6 heteroatoms. The van der Waals surface area contributed by atoms with Crippen LogP contribution in [-0.2, 0) is 0 Å². The molecule has 19 heavy (non-hydrogen) atoms. The highest BCUT2D eigenvalue weighted by Crippen LogP contribution is 2.22. The first-order valence-corrected chi connectivity index (χ1v) is 5.79. The fourth-order valence-electron chi connectivity index (χ4n) is 1.33. The Morgan fingerprint density at radius 3 is 2.74 bits per heavy atom. The summed E-state index contributed by atoms with van der Waals surface area (Å²) in [5.41, 5.74) is 9.42. The first-order chi connectivity index (χ1) is 8.93. The molecule has 1 aromatic rings. The number of aryl methyl sites for hydroxylation is 1. The van der Waals surface area contributed by atoms with Crippen molar-refractivity contribution in [2.75, 3.05) is 5.43 Å². The van der Waals surface area contributed by atoms with E-state index in [1.807, 2.05) is 32.9 Å². The van der Waals surface area contributed by atoms with Crippen molar-refractivity contribution in [3.63, 3.8) is 0 Å². The molecule has 0 saturated carbocycles. The van der Waals surface area contributed by atoms with E-state index in [1.165, 1.54) is 0 Å². The number of hydrogen-bond acceptors (Lipinski definition) is 5. The summed E-state index contributed by atoms with van der Waals surface area (Å²) in [5.74, 6) is 0.335. The summed E-state index contributed by atoms with van der Waals surface area (Å²) >= 11 is 0. The maximum absolute atomic E-state index is 8.75. The molecular formula is C13H17N5O. The zero-order valence-electron chi connectivity index (χ0n) is 11.2. The summed E-state index contributed by atoms with van der Waals surface area (Å²) in [6.45, 7) is 5.78. The van der Waals surface area contributed by atoms with Crippen molar-refractivity contribution in [2.45, 2.75) is 26.9 Å². The summed E-state index contributed by atoms with van der Waals surface area (Å²) in [5, 5.41) is 19.7. The molecule has 1 aromatic carbocycles. The Morgan fingerprint density at radius 1 is 1.53 bits per heavy atom. The van der Waals surface area contributed by atoms with Gasteiger partial charge in [-0.3, -0.25) is 10.8 Å². The van der Waals surface area contributed by atoms with Crippen LogP contribution in [0.1, 0.15) is 19.4 Å². The highest BCUT2D eigenvalue weighted by atomic mass is 16.5. The van der Waals surface area contributed by atoms with E-state index in [2.05, 4.69) is 10.5 Å². The van der Waals surface area contributed by atoms with Crippen LogP contribution in [0.15, 0.2) is 23.3 Å². The smallest absolute Gasteiger partial charge is 0.201 e. The second-order valence-corrected chi connectivity index (χ2v) is 4.24. The summed E-state index contributed by atoms with van der Waals surface area (Å²) < 4.78 is 5.57. The first kappa shape index (κ1) is 14.5. The van der Waals surface area contributed by atoms with Crippen molar-refractivity contribution in [1.82, 2.24) is 0 Å². The van der Waals surface area contributed by atoms with E-state index in [4.69, 9.17) is 21.1 Å². The number of amidine groups is 1. The van der Waals surface area contributed by atoms with Gasteiger partial charge in [-0.1, -0.05) is 6.07 Å². The molecule has 0 aliphatic heterocycles. The Balaban J connectivity index is 2.95. The maximum atomic E-state index is 8.75. The van der Waals surface area contributed by atoms with E-state index in [-0.39, 0.29) is 17.7 Å². The number of nitriles is 1. The minimum atomic E-state index is -0.373. The van der Waals surface area contributed by atoms with Crippen molar-refractivity contribution in [1.29, 1.82) is 10.7 Å². The minimum absolute atomic E-state index is 0.0750. The van der Waals surface area contributed by atoms with Crippen molar-refractivity contribution < 1.29 is 4.74 Å². The first-order valence-electron chi connectivity index (χ1n) is 5.79. The molecule has 0 unspecified atom stereocenters. The lowest BCUT2D eigenvalue weighted by molar-refractivity contribution is 0.242. The number of rotatable bonds is 5. The summed E-state index contributed by atoms with van der Waals surface area (Å²) in [7, 11) is 0. The summed E-state index contributed by atoms with van der Waals surface area (Å²) in [4.78, 5) is 0. The average Bonchev–Trinajstić information content (AvgIpc) is 2.32. The Hall–Kier alpha value is -2.55. The van der Waals surface area contributed by atoms with Crippen LogP contribution in [0.5, 0.6) is 5.75 Å². The van der Waals surface area contributed by atoms with Crippen LogP contribution in [0.25, 0.3) is 0 Å². The minimum Gasteiger partial charge on any atom is -0.491 e. The van der Waals surface area contributed by atoms with Gasteiger partial charge in [0.15, 0.2) is 5.84 Å². The number of nitrogens with two attached hydrogens (primary N) is 1. The quantitative estimate of drug-likeness (QED) is 0.427. The molecule has 0 aliphatic carbocycles. The zero-order valence-corrected chi connectivity index (χ0v) is 11.2. The lowest BCUT2D eigenvalue weighted by Gasteiger charge is -2.12. The van der Waals surface area contributed by atoms with Crippen molar-refractivity contribution in [3.8, 4) is 11.8 Å². The van der Waals surface area contributed by atoms with Gasteiger partial charge in [0.25, 0.3) is 0 Å². The Bertz CT molecular complexity index is 542. The second-order valence-electron chi connectivity index (χ2n) is 4.24. The molecular weight excluding hydrogens is 242 g/mol. The van der Waals surface area contributed by atoms with Crippen LogP contribution in [0.3, 0.4) is 0 Å². The zero-order chi connectivity index (χ0) is 14.4. The van der Waals surface area contributed by atoms with Crippen LogP contribution < -0.4 is 15.9 Å². The molecule has 0 fully saturated rings. The third-order valence-electron chi connectivity index (χ3n) is 2.23. The Kier molecular flexibility index (Phi) is 4.89. The van der Waals surface area contributed by atoms with Crippen LogP contribution in [0.2, 0.25) is 0 Å². The number of hydrazone groups is 1. The van der Waals surface area contributed by atoms with Gasteiger partial charge in [0, 0.05) is 6.07 Å². The molecule has 1 rings (SSSR count). The molecule has 0 saturated heterocycles. The number of anilines is 1. The summed E-state index contributed by atoms with van der Waals surface area (Å²) in [6.07, 6.45) is 0.0750. The normalized spacial score (nSPS) is 11.0. The van der Waals surface area contributed by atoms with Gasteiger partial charge in [-0.15, -0.1) is 0 Å². The third-order valence-corrected chi connectivity index (χ3v) is 2.23. The van der Waals surface area contributed by atoms with E-state index in [9.17, 15) is 0 Å². The predicted molar refractivity (Wildman–Crippen MR) is 75.5 cm³/mol. The standard InChI is InChI=1S/C13H17N5O/c1-8(2)19-10-5-4-9(3)11(6-10)17-18-12(7-14)13(15)16/h4-6,8,17H,1-3H3,(H3,15,16)/b18-12+. The number of benzene rings is 1. The van der Waals surface area contributed by atoms with Crippen molar-refractivity contribution in [2.24, 2.45) is 10.8 Å². The van der Waals surface area contributed by atoms with Gasteiger partial charge in [-0.05, 0) is 32.4 Å². The average molecular weight is 259 g/mol. The fraction of sp³-hybridized carbons (Fsp3) is 0.308. The molecule has 0 heterocycles. The van der Waals surface area contributed by atoms with Gasteiger partial charge >= 0.3 is 0 Å². The molecule has 0 bridgehead atoms. The van der Waals surface area contributed by atoms with Crippen LogP contribution >= 0.6 is 0 Å². The molecule has 0 spiro atoms. The largest absolute Gasteiger partial charge is 0.491 e. The highest BCUT2D eigenvalue weighted by molar-refractivity contribution is 6.45. The highest BCUT2D eigenvalue weighted by Gasteiger charge is 2.04. The molecule has 100 valence electrons. The molecule has 6 nitrogen and oxygen atoms in total. The lowest BCUT2D eigenvalue weighted by Crippen LogP contribution is -2.22.